The normalized spacial score (nSPS) is 13.0. The Bertz CT molecular complexity index is 2760. The Kier molecular flexibility index (Phi) is 4.89. The SMILES string of the molecule is c1ccc(-n2c3ccccc3c3ccc4c5ccccc5n(-c5ccc6c(c5)Oc5cccc7c5B6c5ccccc5O7)c4c32)cc1. The third-order valence-electron chi connectivity index (χ3n) is 10.0. The molecule has 0 bridgehead atoms. The molecular formula is C42H25BN2O2. The third kappa shape index (κ3) is 3.32. The van der Waals surface area contributed by atoms with Gasteiger partial charge in [-0.2, -0.15) is 0 Å². The van der Waals surface area contributed by atoms with E-state index >= 15 is 0 Å². The molecule has 0 radical (unpaired) electrons. The molecule has 7 aromatic carbocycles. The number of hydrogen-bond acceptors (Lipinski definition) is 2. The molecule has 47 heavy (non-hydrogen) atoms. The number of para-hydroxylation sites is 4. The summed E-state index contributed by atoms with van der Waals surface area (Å²) in [7, 11) is 0. The van der Waals surface area contributed by atoms with Gasteiger partial charge in [-0.05, 0) is 59.5 Å². The van der Waals surface area contributed by atoms with Crippen molar-refractivity contribution >= 4 is 66.7 Å². The van der Waals surface area contributed by atoms with Crippen molar-refractivity contribution in [3.05, 3.63) is 152 Å². The lowest BCUT2D eigenvalue weighted by Gasteiger charge is -2.33. The minimum Gasteiger partial charge on any atom is -0.458 e. The first-order valence-electron chi connectivity index (χ1n) is 16.1. The number of nitrogens with zero attached hydrogens (tertiary/aromatic N) is 2. The van der Waals surface area contributed by atoms with Crippen LogP contribution in [0, 0.1) is 0 Å². The minimum absolute atomic E-state index is 0.0365. The molecule has 0 saturated heterocycles. The van der Waals surface area contributed by atoms with Crippen molar-refractivity contribution in [3.63, 3.8) is 0 Å². The second-order valence-electron chi connectivity index (χ2n) is 12.5. The van der Waals surface area contributed by atoms with Gasteiger partial charge in [-0.25, -0.2) is 0 Å². The third-order valence-corrected chi connectivity index (χ3v) is 10.0. The number of rotatable bonds is 2. The number of benzene rings is 7. The summed E-state index contributed by atoms with van der Waals surface area (Å²) in [5.74, 6) is 3.48. The molecule has 4 heterocycles. The van der Waals surface area contributed by atoms with Crippen LogP contribution in [0.1, 0.15) is 0 Å². The smallest absolute Gasteiger partial charge is 0.260 e. The summed E-state index contributed by atoms with van der Waals surface area (Å²) in [5, 5.41) is 4.92. The van der Waals surface area contributed by atoms with E-state index in [1.807, 2.05) is 18.2 Å². The molecule has 5 heteroatoms. The fraction of sp³-hybridized carbons (Fsp3) is 0. The largest absolute Gasteiger partial charge is 0.458 e. The summed E-state index contributed by atoms with van der Waals surface area (Å²) >= 11 is 0. The number of hydrogen-bond donors (Lipinski definition) is 0. The van der Waals surface area contributed by atoms with Crippen LogP contribution in [-0.2, 0) is 0 Å². The Morgan fingerprint density at radius 3 is 1.66 bits per heavy atom. The van der Waals surface area contributed by atoms with Crippen LogP contribution in [0.5, 0.6) is 23.0 Å². The first-order valence-corrected chi connectivity index (χ1v) is 16.1. The summed E-state index contributed by atoms with van der Waals surface area (Å²) in [6, 6.07) is 54.0. The second kappa shape index (κ2) is 9.18. The van der Waals surface area contributed by atoms with Crippen molar-refractivity contribution in [2.24, 2.45) is 0 Å². The van der Waals surface area contributed by atoms with Crippen molar-refractivity contribution in [1.29, 1.82) is 0 Å². The van der Waals surface area contributed by atoms with Gasteiger partial charge in [-0.3, -0.25) is 0 Å². The summed E-state index contributed by atoms with van der Waals surface area (Å²) in [6.07, 6.45) is 0. The minimum atomic E-state index is 0.0365. The van der Waals surface area contributed by atoms with Gasteiger partial charge >= 0.3 is 0 Å². The predicted molar refractivity (Wildman–Crippen MR) is 193 cm³/mol. The number of aromatic nitrogens is 2. The highest BCUT2D eigenvalue weighted by Crippen LogP contribution is 2.42. The molecule has 0 amide bonds. The van der Waals surface area contributed by atoms with Crippen LogP contribution in [0.3, 0.4) is 0 Å². The van der Waals surface area contributed by atoms with E-state index in [0.29, 0.717) is 0 Å². The summed E-state index contributed by atoms with van der Waals surface area (Å²) in [6.45, 7) is 0.0365. The van der Waals surface area contributed by atoms with Gasteiger partial charge in [0.1, 0.15) is 23.0 Å². The lowest BCUT2D eigenvalue weighted by atomic mass is 9.35. The quantitative estimate of drug-likeness (QED) is 0.186. The number of fused-ring (bicyclic) bond motifs is 11. The van der Waals surface area contributed by atoms with Crippen LogP contribution in [0.25, 0.3) is 55.0 Å². The average Bonchev–Trinajstić information content (AvgIpc) is 3.65. The molecule has 9 aromatic rings. The molecule has 0 spiro atoms. The number of ether oxygens (including phenoxy) is 2. The maximum absolute atomic E-state index is 6.73. The van der Waals surface area contributed by atoms with Gasteiger partial charge in [-0.15, -0.1) is 0 Å². The maximum atomic E-state index is 6.73. The molecule has 11 rings (SSSR count). The molecule has 0 aliphatic carbocycles. The standard InChI is InChI=1S/C42H25BN2O2/c1-2-11-26(12-3-1)44-34-16-7-4-13-28(34)30-22-23-31-29-14-5-8-17-35(29)45(42(31)41(30)44)27-21-24-33-39(25-27)47-38-20-10-19-37-40(38)43(33)32-15-6-9-18-36(32)46-37/h1-25H. The van der Waals surface area contributed by atoms with E-state index in [-0.39, 0.29) is 6.71 Å². The fourth-order valence-corrected chi connectivity index (χ4v) is 8.12. The van der Waals surface area contributed by atoms with Crippen molar-refractivity contribution in [2.45, 2.75) is 0 Å². The van der Waals surface area contributed by atoms with Gasteiger partial charge in [0.15, 0.2) is 0 Å². The highest BCUT2D eigenvalue weighted by atomic mass is 16.5. The van der Waals surface area contributed by atoms with Gasteiger partial charge in [0.25, 0.3) is 6.71 Å². The lowest BCUT2D eigenvalue weighted by Crippen LogP contribution is -2.57. The Morgan fingerprint density at radius 1 is 0.383 bits per heavy atom. The summed E-state index contributed by atoms with van der Waals surface area (Å²) < 4.78 is 17.9. The first kappa shape index (κ1) is 25.0. The highest BCUT2D eigenvalue weighted by molar-refractivity contribution is 6.98. The highest BCUT2D eigenvalue weighted by Gasteiger charge is 2.40. The monoisotopic (exact) mass is 600 g/mol. The zero-order valence-corrected chi connectivity index (χ0v) is 25.2. The molecular weight excluding hydrogens is 575 g/mol. The van der Waals surface area contributed by atoms with Gasteiger partial charge in [0, 0.05) is 44.4 Å². The first-order chi connectivity index (χ1) is 23.3. The summed E-state index contributed by atoms with van der Waals surface area (Å²) in [5.41, 5.74) is 10.3. The van der Waals surface area contributed by atoms with Crippen LogP contribution in [0.4, 0.5) is 0 Å². The molecule has 0 unspecified atom stereocenters. The van der Waals surface area contributed by atoms with Crippen molar-refractivity contribution in [2.75, 3.05) is 0 Å². The van der Waals surface area contributed by atoms with Crippen molar-refractivity contribution < 1.29 is 9.47 Å². The van der Waals surface area contributed by atoms with Gasteiger partial charge in [-0.1, -0.05) is 97.1 Å². The maximum Gasteiger partial charge on any atom is 0.260 e. The Morgan fingerprint density at radius 2 is 0.936 bits per heavy atom. The van der Waals surface area contributed by atoms with Gasteiger partial charge in [0.05, 0.1) is 22.1 Å². The molecule has 2 aromatic heterocycles. The lowest BCUT2D eigenvalue weighted by molar-refractivity contribution is 0.464. The molecule has 0 fully saturated rings. The van der Waals surface area contributed by atoms with E-state index in [9.17, 15) is 0 Å². The zero-order chi connectivity index (χ0) is 30.6. The van der Waals surface area contributed by atoms with E-state index in [4.69, 9.17) is 9.47 Å². The molecule has 0 atom stereocenters. The second-order valence-corrected chi connectivity index (χ2v) is 12.5. The molecule has 0 N–H and O–H groups in total. The molecule has 2 aliphatic rings. The van der Waals surface area contributed by atoms with Crippen molar-refractivity contribution in [1.82, 2.24) is 9.13 Å². The average molecular weight is 600 g/mol. The Hall–Kier alpha value is -6.20. The van der Waals surface area contributed by atoms with Crippen molar-refractivity contribution in [3.8, 4) is 34.4 Å². The Labute approximate surface area is 270 Å². The fourth-order valence-electron chi connectivity index (χ4n) is 8.12. The molecule has 2 aliphatic heterocycles. The van der Waals surface area contributed by atoms with Crippen LogP contribution < -0.4 is 25.9 Å². The molecule has 218 valence electrons. The zero-order valence-electron chi connectivity index (χ0n) is 25.2. The van der Waals surface area contributed by atoms with Crippen LogP contribution in [0.2, 0.25) is 0 Å². The molecule has 0 saturated carbocycles. The van der Waals surface area contributed by atoms with Gasteiger partial charge < -0.3 is 18.6 Å². The van der Waals surface area contributed by atoms with Crippen LogP contribution in [-0.4, -0.2) is 15.8 Å². The van der Waals surface area contributed by atoms with E-state index in [2.05, 4.69) is 143 Å². The van der Waals surface area contributed by atoms with Crippen LogP contribution >= 0.6 is 0 Å². The van der Waals surface area contributed by atoms with Gasteiger partial charge in [0.2, 0.25) is 0 Å². The van der Waals surface area contributed by atoms with E-state index in [0.717, 1.165) is 56.3 Å². The molecule has 4 nitrogen and oxygen atoms in total. The topological polar surface area (TPSA) is 28.3 Å². The van der Waals surface area contributed by atoms with Crippen LogP contribution in [0.15, 0.2) is 152 Å². The van der Waals surface area contributed by atoms with E-state index in [1.165, 1.54) is 38.1 Å². The predicted octanol–water partition coefficient (Wildman–Crippen LogP) is 8.61. The van der Waals surface area contributed by atoms with E-state index in [1.54, 1.807) is 0 Å². The van der Waals surface area contributed by atoms with E-state index < -0.39 is 0 Å². The summed E-state index contributed by atoms with van der Waals surface area (Å²) in [4.78, 5) is 0. The Balaban J connectivity index is 1.24.